The Morgan fingerprint density at radius 1 is 1.33 bits per heavy atom. The molecular weight excluding hydrogens is 332 g/mol. The number of benzene rings is 2. The first-order chi connectivity index (χ1) is 10.0. The summed E-state index contributed by atoms with van der Waals surface area (Å²) in [7, 11) is 0. The van der Waals surface area contributed by atoms with Gasteiger partial charge in [0, 0.05) is 4.47 Å². The lowest BCUT2D eigenvalue weighted by molar-refractivity contribution is 0.102. The molecule has 0 radical (unpaired) electrons. The number of carbonyl (C=O) groups excluding carboxylic acids is 1. The van der Waals surface area contributed by atoms with Crippen molar-refractivity contribution in [3.8, 4) is 5.75 Å². The number of hydrogen-bond donors (Lipinski definition) is 2. The van der Waals surface area contributed by atoms with Gasteiger partial charge in [-0.05, 0) is 59.6 Å². The van der Waals surface area contributed by atoms with Gasteiger partial charge in [0.25, 0.3) is 5.91 Å². The third-order valence-electron chi connectivity index (χ3n) is 2.95. The average molecular weight is 349 g/mol. The van der Waals surface area contributed by atoms with E-state index in [1.807, 2.05) is 32.0 Å². The van der Waals surface area contributed by atoms with Crippen molar-refractivity contribution < 1.29 is 9.53 Å². The van der Waals surface area contributed by atoms with E-state index in [4.69, 9.17) is 10.5 Å². The average Bonchev–Trinajstić information content (AvgIpc) is 2.44. The standard InChI is InChI=1S/C16H17BrN2O2/c1-3-21-15-11(5-4-6-13(15)18)16(20)19-14-8-7-10(2)9-12(14)17/h4-9H,3,18H2,1-2H3,(H,19,20). The lowest BCUT2D eigenvalue weighted by Gasteiger charge is -2.13. The van der Waals surface area contributed by atoms with Gasteiger partial charge >= 0.3 is 0 Å². The van der Waals surface area contributed by atoms with Crippen LogP contribution in [0.15, 0.2) is 40.9 Å². The molecule has 0 bridgehead atoms. The molecule has 0 heterocycles. The maximum absolute atomic E-state index is 12.4. The van der Waals surface area contributed by atoms with Crippen molar-refractivity contribution in [1.29, 1.82) is 0 Å². The minimum atomic E-state index is -0.254. The number of amides is 1. The summed E-state index contributed by atoms with van der Waals surface area (Å²) >= 11 is 3.44. The molecule has 0 fully saturated rings. The SMILES string of the molecule is CCOc1c(N)cccc1C(=O)Nc1ccc(C)cc1Br. The van der Waals surface area contributed by atoms with Crippen molar-refractivity contribution in [1.82, 2.24) is 0 Å². The molecule has 0 spiro atoms. The number of carbonyl (C=O) groups is 1. The van der Waals surface area contributed by atoms with Crippen LogP contribution in [0.2, 0.25) is 0 Å². The largest absolute Gasteiger partial charge is 0.491 e. The van der Waals surface area contributed by atoms with Gasteiger partial charge in [0.15, 0.2) is 5.75 Å². The summed E-state index contributed by atoms with van der Waals surface area (Å²) < 4.78 is 6.31. The van der Waals surface area contributed by atoms with E-state index < -0.39 is 0 Å². The molecule has 2 aromatic carbocycles. The molecule has 3 N–H and O–H groups in total. The molecule has 110 valence electrons. The molecule has 2 aromatic rings. The van der Waals surface area contributed by atoms with Gasteiger partial charge in [0.1, 0.15) is 0 Å². The molecule has 2 rings (SSSR count). The highest BCUT2D eigenvalue weighted by Gasteiger charge is 2.16. The van der Waals surface area contributed by atoms with Crippen LogP contribution in [0.3, 0.4) is 0 Å². The van der Waals surface area contributed by atoms with Crippen molar-refractivity contribution in [2.24, 2.45) is 0 Å². The number of para-hydroxylation sites is 1. The number of aryl methyl sites for hydroxylation is 1. The summed E-state index contributed by atoms with van der Waals surface area (Å²) in [5.41, 5.74) is 8.56. The Bertz CT molecular complexity index is 671. The topological polar surface area (TPSA) is 64.3 Å². The van der Waals surface area contributed by atoms with Crippen LogP contribution in [0.25, 0.3) is 0 Å². The highest BCUT2D eigenvalue weighted by Crippen LogP contribution is 2.29. The van der Waals surface area contributed by atoms with Crippen LogP contribution in [0.4, 0.5) is 11.4 Å². The van der Waals surface area contributed by atoms with E-state index in [1.165, 1.54) is 0 Å². The van der Waals surface area contributed by atoms with Crippen LogP contribution in [-0.4, -0.2) is 12.5 Å². The van der Waals surface area contributed by atoms with Gasteiger partial charge in [-0.2, -0.15) is 0 Å². The van der Waals surface area contributed by atoms with Crippen LogP contribution in [0, 0.1) is 6.92 Å². The minimum absolute atomic E-state index is 0.254. The zero-order valence-electron chi connectivity index (χ0n) is 11.9. The van der Waals surface area contributed by atoms with E-state index in [0.717, 1.165) is 10.0 Å². The molecular formula is C16H17BrN2O2. The molecule has 4 nitrogen and oxygen atoms in total. The first-order valence-electron chi connectivity index (χ1n) is 6.61. The van der Waals surface area contributed by atoms with E-state index >= 15 is 0 Å². The number of rotatable bonds is 4. The lowest BCUT2D eigenvalue weighted by Crippen LogP contribution is -2.15. The maximum Gasteiger partial charge on any atom is 0.259 e. The molecule has 0 saturated heterocycles. The van der Waals surface area contributed by atoms with E-state index in [2.05, 4.69) is 21.2 Å². The maximum atomic E-state index is 12.4. The first kappa shape index (κ1) is 15.4. The number of nitrogens with one attached hydrogen (secondary N) is 1. The van der Waals surface area contributed by atoms with Crippen LogP contribution in [0.1, 0.15) is 22.8 Å². The van der Waals surface area contributed by atoms with Crippen molar-refractivity contribution in [2.75, 3.05) is 17.7 Å². The molecule has 0 aliphatic heterocycles. The fourth-order valence-electron chi connectivity index (χ4n) is 1.95. The Labute approximate surface area is 132 Å². The highest BCUT2D eigenvalue weighted by atomic mass is 79.9. The van der Waals surface area contributed by atoms with E-state index in [0.29, 0.717) is 29.3 Å². The summed E-state index contributed by atoms with van der Waals surface area (Å²) in [6.07, 6.45) is 0. The normalized spacial score (nSPS) is 10.2. The fourth-order valence-corrected chi connectivity index (χ4v) is 2.54. The summed E-state index contributed by atoms with van der Waals surface area (Å²) in [6, 6.07) is 10.9. The minimum Gasteiger partial charge on any atom is -0.491 e. The van der Waals surface area contributed by atoms with Crippen LogP contribution in [-0.2, 0) is 0 Å². The Balaban J connectivity index is 2.30. The molecule has 5 heteroatoms. The van der Waals surface area contributed by atoms with Gasteiger partial charge in [-0.15, -0.1) is 0 Å². The van der Waals surface area contributed by atoms with E-state index in [9.17, 15) is 4.79 Å². The predicted octanol–water partition coefficient (Wildman–Crippen LogP) is 3.99. The van der Waals surface area contributed by atoms with Crippen molar-refractivity contribution in [3.05, 3.63) is 52.0 Å². The quantitative estimate of drug-likeness (QED) is 0.821. The van der Waals surface area contributed by atoms with Gasteiger partial charge in [-0.25, -0.2) is 0 Å². The van der Waals surface area contributed by atoms with Crippen molar-refractivity contribution in [3.63, 3.8) is 0 Å². The zero-order valence-corrected chi connectivity index (χ0v) is 13.5. The number of hydrogen-bond acceptors (Lipinski definition) is 3. The smallest absolute Gasteiger partial charge is 0.259 e. The van der Waals surface area contributed by atoms with Gasteiger partial charge in [-0.1, -0.05) is 12.1 Å². The summed E-state index contributed by atoms with van der Waals surface area (Å²) in [6.45, 7) is 4.29. The molecule has 0 atom stereocenters. The second kappa shape index (κ2) is 6.63. The molecule has 0 unspecified atom stereocenters. The van der Waals surface area contributed by atoms with Crippen molar-refractivity contribution in [2.45, 2.75) is 13.8 Å². The first-order valence-corrected chi connectivity index (χ1v) is 7.41. The van der Waals surface area contributed by atoms with Crippen LogP contribution in [0.5, 0.6) is 5.75 Å². The third kappa shape index (κ3) is 3.55. The van der Waals surface area contributed by atoms with Crippen molar-refractivity contribution >= 4 is 33.2 Å². The zero-order chi connectivity index (χ0) is 15.4. The van der Waals surface area contributed by atoms with Gasteiger partial charge < -0.3 is 15.8 Å². The monoisotopic (exact) mass is 348 g/mol. The number of anilines is 2. The number of ether oxygens (including phenoxy) is 1. The molecule has 0 saturated carbocycles. The van der Waals surface area contributed by atoms with Gasteiger partial charge in [-0.3, -0.25) is 4.79 Å². The highest BCUT2D eigenvalue weighted by molar-refractivity contribution is 9.10. The van der Waals surface area contributed by atoms with Crippen LogP contribution < -0.4 is 15.8 Å². The summed E-state index contributed by atoms with van der Waals surface area (Å²) in [4.78, 5) is 12.4. The molecule has 21 heavy (non-hydrogen) atoms. The van der Waals surface area contributed by atoms with Crippen LogP contribution >= 0.6 is 15.9 Å². The molecule has 0 aliphatic rings. The number of nitrogens with two attached hydrogens (primary N) is 1. The fraction of sp³-hybridized carbons (Fsp3) is 0.188. The Hall–Kier alpha value is -2.01. The Morgan fingerprint density at radius 3 is 2.76 bits per heavy atom. The molecule has 0 aromatic heterocycles. The van der Waals surface area contributed by atoms with Gasteiger partial charge in [0.05, 0.1) is 23.5 Å². The second-order valence-corrected chi connectivity index (χ2v) is 5.45. The Morgan fingerprint density at radius 2 is 2.10 bits per heavy atom. The predicted molar refractivity (Wildman–Crippen MR) is 88.9 cm³/mol. The van der Waals surface area contributed by atoms with E-state index in [1.54, 1.807) is 18.2 Å². The molecule has 0 aliphatic carbocycles. The molecule has 1 amide bonds. The number of nitrogen functional groups attached to an aromatic ring is 1. The number of halogens is 1. The summed E-state index contributed by atoms with van der Waals surface area (Å²) in [5, 5.41) is 2.86. The second-order valence-electron chi connectivity index (χ2n) is 4.59. The lowest BCUT2D eigenvalue weighted by atomic mass is 10.1. The van der Waals surface area contributed by atoms with Gasteiger partial charge in [0.2, 0.25) is 0 Å². The summed E-state index contributed by atoms with van der Waals surface area (Å²) in [5.74, 6) is 0.163. The third-order valence-corrected chi connectivity index (χ3v) is 3.61. The van der Waals surface area contributed by atoms with E-state index in [-0.39, 0.29) is 5.91 Å². The Kier molecular flexibility index (Phi) is 4.85.